The number of nitrogens with zero attached hydrogens (tertiary/aromatic N) is 3. The van der Waals surface area contributed by atoms with Gasteiger partial charge in [-0.1, -0.05) is 37.3 Å². The van der Waals surface area contributed by atoms with Gasteiger partial charge in [-0.05, 0) is 53.4 Å². The van der Waals surface area contributed by atoms with Gasteiger partial charge in [0, 0.05) is 13.1 Å². The maximum atomic E-state index is 12.5. The standard InChI is InChI=1S/C23H38N4O2/c1-9-15(2)10-12-22-16(3)14-21(18(5)29-22)24-23(28)13-11-17(4)27-20(7)26(8)19(6)25-27/h9-11,13,16-18,20-22H,1,12,14H2,2-8H3,(H,24,28)/b13-11-,15-10+. The SMILES string of the molecule is C=C/C(C)=C/CC1OC(C)C(NC(=O)/C=C\C(C)N2N=C(C)N(C)C2C)CC1C. The second-order valence-corrected chi connectivity index (χ2v) is 8.47. The first kappa shape index (κ1) is 23.2. The van der Waals surface area contributed by atoms with Gasteiger partial charge in [0.05, 0.1) is 24.3 Å². The zero-order valence-electron chi connectivity index (χ0n) is 19.1. The van der Waals surface area contributed by atoms with Crippen molar-refractivity contribution in [2.45, 2.75) is 84.8 Å². The lowest BCUT2D eigenvalue weighted by molar-refractivity contribution is -0.123. The molecule has 6 nitrogen and oxygen atoms in total. The molecule has 1 saturated heterocycles. The number of amidine groups is 1. The number of hydrazone groups is 1. The Hall–Kier alpha value is -2.08. The predicted molar refractivity (Wildman–Crippen MR) is 119 cm³/mol. The Morgan fingerprint density at radius 3 is 2.69 bits per heavy atom. The van der Waals surface area contributed by atoms with Gasteiger partial charge in [-0.2, -0.15) is 5.10 Å². The molecular formula is C23H38N4O2. The molecule has 6 unspecified atom stereocenters. The van der Waals surface area contributed by atoms with Crippen molar-refractivity contribution in [3.63, 3.8) is 0 Å². The number of carbonyl (C=O) groups is 1. The molecule has 1 amide bonds. The zero-order chi connectivity index (χ0) is 21.7. The minimum absolute atomic E-state index is 0.0112. The summed E-state index contributed by atoms with van der Waals surface area (Å²) in [5, 5.41) is 9.71. The van der Waals surface area contributed by atoms with E-state index >= 15 is 0 Å². The molecule has 0 spiro atoms. The lowest BCUT2D eigenvalue weighted by Crippen LogP contribution is -2.50. The second kappa shape index (κ2) is 10.1. The second-order valence-electron chi connectivity index (χ2n) is 8.47. The fourth-order valence-corrected chi connectivity index (χ4v) is 3.84. The molecule has 0 aromatic heterocycles. The average Bonchev–Trinajstić information content (AvgIpc) is 2.94. The molecule has 162 valence electrons. The van der Waals surface area contributed by atoms with Crippen molar-refractivity contribution in [2.24, 2.45) is 11.0 Å². The summed E-state index contributed by atoms with van der Waals surface area (Å²) < 4.78 is 6.20. The molecule has 2 aliphatic rings. The molecule has 29 heavy (non-hydrogen) atoms. The third kappa shape index (κ3) is 5.95. The van der Waals surface area contributed by atoms with E-state index in [1.54, 1.807) is 6.08 Å². The van der Waals surface area contributed by atoms with Crippen molar-refractivity contribution in [2.75, 3.05) is 7.05 Å². The number of nitrogens with one attached hydrogen (secondary N) is 1. The predicted octanol–water partition coefficient (Wildman–Crippen LogP) is 3.68. The first-order valence-electron chi connectivity index (χ1n) is 10.6. The van der Waals surface area contributed by atoms with Crippen molar-refractivity contribution in [1.29, 1.82) is 0 Å². The maximum Gasteiger partial charge on any atom is 0.244 e. The molecule has 0 aromatic carbocycles. The van der Waals surface area contributed by atoms with Crippen molar-refractivity contribution in [1.82, 2.24) is 15.2 Å². The number of carbonyl (C=O) groups excluding carboxylic acids is 1. The molecule has 6 heteroatoms. The highest BCUT2D eigenvalue weighted by Gasteiger charge is 2.33. The van der Waals surface area contributed by atoms with Crippen molar-refractivity contribution < 1.29 is 9.53 Å². The Bertz CT molecular complexity index is 684. The van der Waals surface area contributed by atoms with E-state index < -0.39 is 0 Å². The summed E-state index contributed by atoms with van der Waals surface area (Å²) in [5.41, 5.74) is 1.17. The van der Waals surface area contributed by atoms with Crippen LogP contribution in [0, 0.1) is 5.92 Å². The monoisotopic (exact) mass is 402 g/mol. The van der Waals surface area contributed by atoms with E-state index in [0.29, 0.717) is 5.92 Å². The number of amides is 1. The van der Waals surface area contributed by atoms with Gasteiger partial charge in [0.2, 0.25) is 5.91 Å². The Balaban J connectivity index is 1.87. The van der Waals surface area contributed by atoms with Crippen molar-refractivity contribution >= 4 is 11.7 Å². The highest BCUT2D eigenvalue weighted by molar-refractivity contribution is 5.87. The van der Waals surface area contributed by atoms with Gasteiger partial charge >= 0.3 is 0 Å². The molecule has 0 radical (unpaired) electrons. The number of hydrogen-bond acceptors (Lipinski definition) is 5. The first-order valence-corrected chi connectivity index (χ1v) is 10.6. The fraction of sp³-hybridized carbons (Fsp3) is 0.652. The Morgan fingerprint density at radius 1 is 1.41 bits per heavy atom. The van der Waals surface area contributed by atoms with Gasteiger partial charge < -0.3 is 15.0 Å². The summed E-state index contributed by atoms with van der Waals surface area (Å²) in [4.78, 5) is 14.6. The van der Waals surface area contributed by atoms with E-state index in [1.807, 2.05) is 51.9 Å². The quantitative estimate of drug-likeness (QED) is 0.521. The molecule has 1 fully saturated rings. The zero-order valence-corrected chi connectivity index (χ0v) is 19.1. The highest BCUT2D eigenvalue weighted by Crippen LogP contribution is 2.28. The van der Waals surface area contributed by atoms with Gasteiger partial charge in [-0.25, -0.2) is 0 Å². The first-order chi connectivity index (χ1) is 13.6. The van der Waals surface area contributed by atoms with Gasteiger partial charge in [0.1, 0.15) is 12.0 Å². The van der Waals surface area contributed by atoms with E-state index in [0.717, 1.165) is 18.7 Å². The number of ether oxygens (including phenoxy) is 1. The van der Waals surface area contributed by atoms with Crippen molar-refractivity contribution in [3.05, 3.63) is 36.5 Å². The molecule has 6 atom stereocenters. The summed E-state index contributed by atoms with van der Waals surface area (Å²) in [7, 11) is 2.03. The minimum Gasteiger partial charge on any atom is -0.373 e. The largest absolute Gasteiger partial charge is 0.373 e. The summed E-state index contributed by atoms with van der Waals surface area (Å²) in [5.74, 6) is 1.29. The maximum absolute atomic E-state index is 12.5. The summed E-state index contributed by atoms with van der Waals surface area (Å²) >= 11 is 0. The Kier molecular flexibility index (Phi) is 8.08. The van der Waals surface area contributed by atoms with E-state index in [2.05, 4.69) is 41.8 Å². The van der Waals surface area contributed by atoms with Crippen LogP contribution in [0.3, 0.4) is 0 Å². The van der Waals surface area contributed by atoms with Crippen LogP contribution in [0.25, 0.3) is 0 Å². The van der Waals surface area contributed by atoms with Crippen LogP contribution in [-0.4, -0.2) is 59.2 Å². The third-order valence-corrected chi connectivity index (χ3v) is 6.20. The van der Waals surface area contributed by atoms with Crippen LogP contribution in [0.5, 0.6) is 0 Å². The number of allylic oxidation sites excluding steroid dienone is 2. The van der Waals surface area contributed by atoms with Crippen LogP contribution in [0.4, 0.5) is 0 Å². The minimum atomic E-state index is -0.0775. The lowest BCUT2D eigenvalue weighted by atomic mass is 9.88. The van der Waals surface area contributed by atoms with Crippen LogP contribution in [0.15, 0.2) is 41.6 Å². The lowest BCUT2D eigenvalue weighted by Gasteiger charge is -2.39. The fourth-order valence-electron chi connectivity index (χ4n) is 3.84. The molecule has 0 aliphatic carbocycles. The highest BCUT2D eigenvalue weighted by atomic mass is 16.5. The van der Waals surface area contributed by atoms with E-state index in [1.165, 1.54) is 5.57 Å². The molecule has 2 heterocycles. The summed E-state index contributed by atoms with van der Waals surface area (Å²) in [6.45, 7) is 16.2. The molecule has 0 aromatic rings. The van der Waals surface area contributed by atoms with Crippen LogP contribution in [0.2, 0.25) is 0 Å². The molecule has 2 aliphatic heterocycles. The number of hydrogen-bond donors (Lipinski definition) is 1. The van der Waals surface area contributed by atoms with Gasteiger partial charge in [0.15, 0.2) is 0 Å². The van der Waals surface area contributed by atoms with Crippen LogP contribution in [-0.2, 0) is 9.53 Å². The normalized spacial score (nSPS) is 31.8. The van der Waals surface area contributed by atoms with Crippen LogP contribution < -0.4 is 5.32 Å². The molecule has 1 N–H and O–H groups in total. The molecular weight excluding hydrogens is 364 g/mol. The van der Waals surface area contributed by atoms with Gasteiger partial charge in [-0.15, -0.1) is 0 Å². The van der Waals surface area contributed by atoms with E-state index in [-0.39, 0.29) is 36.4 Å². The topological polar surface area (TPSA) is 57.2 Å². The summed E-state index contributed by atoms with van der Waals surface area (Å²) in [6.07, 6.45) is 9.71. The van der Waals surface area contributed by atoms with Crippen LogP contribution in [0.1, 0.15) is 54.4 Å². The van der Waals surface area contributed by atoms with E-state index in [9.17, 15) is 4.79 Å². The van der Waals surface area contributed by atoms with Gasteiger partial charge in [0.25, 0.3) is 0 Å². The van der Waals surface area contributed by atoms with Gasteiger partial charge in [-0.3, -0.25) is 9.80 Å². The third-order valence-electron chi connectivity index (χ3n) is 6.20. The van der Waals surface area contributed by atoms with E-state index in [4.69, 9.17) is 4.74 Å². The Labute approximate surface area is 176 Å². The number of rotatable bonds is 7. The average molecular weight is 403 g/mol. The van der Waals surface area contributed by atoms with Crippen molar-refractivity contribution in [3.8, 4) is 0 Å². The molecule has 0 bridgehead atoms. The van der Waals surface area contributed by atoms with Crippen LogP contribution >= 0.6 is 0 Å². The summed E-state index contributed by atoms with van der Waals surface area (Å²) in [6, 6.07) is 0.0640. The smallest absolute Gasteiger partial charge is 0.244 e. The Morgan fingerprint density at radius 2 is 2.10 bits per heavy atom. The molecule has 0 saturated carbocycles. The molecule has 2 rings (SSSR count).